The number of aromatic nitrogens is 2. The number of pyridine rings is 2. The highest BCUT2D eigenvalue weighted by Crippen LogP contribution is 2.21. The predicted molar refractivity (Wildman–Crippen MR) is 103 cm³/mol. The molecule has 0 saturated heterocycles. The smallest absolute Gasteiger partial charge is 0.273 e. The maximum Gasteiger partial charge on any atom is 0.273 e. The normalized spacial score (nSPS) is 11.5. The minimum absolute atomic E-state index is 0.176. The Morgan fingerprint density at radius 1 is 1.15 bits per heavy atom. The molecule has 0 aliphatic rings. The number of aryl methyl sites for hydroxylation is 1. The third kappa shape index (κ3) is 3.67. The summed E-state index contributed by atoms with van der Waals surface area (Å²) >= 11 is 0. The van der Waals surface area contributed by atoms with Crippen molar-refractivity contribution >= 4 is 16.8 Å². The van der Waals surface area contributed by atoms with E-state index in [1.54, 1.807) is 29.3 Å². The van der Waals surface area contributed by atoms with Crippen molar-refractivity contribution in [3.05, 3.63) is 75.8 Å². The molecular formula is C21H23N3O2. The molecule has 5 heteroatoms. The number of H-pyrrole nitrogens is 1. The van der Waals surface area contributed by atoms with Crippen LogP contribution < -0.4 is 5.56 Å². The van der Waals surface area contributed by atoms with Crippen LogP contribution in [0.4, 0.5) is 0 Å². The van der Waals surface area contributed by atoms with Gasteiger partial charge in [0.1, 0.15) is 5.69 Å². The van der Waals surface area contributed by atoms with Gasteiger partial charge in [0.2, 0.25) is 0 Å². The van der Waals surface area contributed by atoms with Gasteiger partial charge in [-0.25, -0.2) is 0 Å². The van der Waals surface area contributed by atoms with Gasteiger partial charge in [-0.3, -0.25) is 14.6 Å². The number of amides is 1. The van der Waals surface area contributed by atoms with Gasteiger partial charge >= 0.3 is 0 Å². The number of rotatable bonds is 3. The fraction of sp³-hybridized carbons (Fsp3) is 0.286. The van der Waals surface area contributed by atoms with Crippen molar-refractivity contribution in [1.29, 1.82) is 0 Å². The minimum Gasteiger partial charge on any atom is -0.328 e. The van der Waals surface area contributed by atoms with Gasteiger partial charge in [0.05, 0.1) is 6.54 Å². The summed E-state index contributed by atoms with van der Waals surface area (Å²) < 4.78 is 0. The number of nitrogens with one attached hydrogen (secondary N) is 1. The lowest BCUT2D eigenvalue weighted by molar-refractivity contribution is 0.0552. The molecule has 26 heavy (non-hydrogen) atoms. The summed E-state index contributed by atoms with van der Waals surface area (Å²) in [7, 11) is 0. The molecule has 2 aromatic heterocycles. The lowest BCUT2D eigenvalue weighted by atomic mass is 10.0. The van der Waals surface area contributed by atoms with E-state index in [1.165, 1.54) is 0 Å². The number of aromatic amines is 1. The number of hydrogen-bond acceptors (Lipinski definition) is 3. The fourth-order valence-electron chi connectivity index (χ4n) is 2.90. The second kappa shape index (κ2) is 6.75. The Balaban J connectivity index is 2.02. The van der Waals surface area contributed by atoms with E-state index in [9.17, 15) is 9.59 Å². The molecule has 3 rings (SSSR count). The first-order valence-electron chi connectivity index (χ1n) is 8.61. The predicted octanol–water partition coefficient (Wildman–Crippen LogP) is 3.67. The first-order valence-corrected chi connectivity index (χ1v) is 8.61. The molecule has 0 unspecified atom stereocenters. The second-order valence-electron chi connectivity index (χ2n) is 7.49. The number of carbonyl (C=O) groups is 1. The van der Waals surface area contributed by atoms with E-state index in [2.05, 4.69) is 9.97 Å². The van der Waals surface area contributed by atoms with Crippen LogP contribution in [0.5, 0.6) is 0 Å². The summed E-state index contributed by atoms with van der Waals surface area (Å²) in [4.78, 5) is 34.3. The number of nitrogens with zero attached hydrogens (tertiary/aromatic N) is 2. The standard InChI is InChI=1S/C21H23N3O2/c1-14-8-9-17-15(11-14)12-16(19(25)23-17)13-24(21(2,3)4)20(26)18-7-5-6-10-22-18/h5-12H,13H2,1-4H3,(H,23,25). The number of hydrogen-bond donors (Lipinski definition) is 1. The Hall–Kier alpha value is -2.95. The van der Waals surface area contributed by atoms with Gasteiger partial charge in [-0.05, 0) is 63.4 Å². The van der Waals surface area contributed by atoms with Crippen molar-refractivity contribution < 1.29 is 4.79 Å². The third-order valence-electron chi connectivity index (χ3n) is 4.34. The second-order valence-corrected chi connectivity index (χ2v) is 7.49. The number of benzene rings is 1. The van der Waals surface area contributed by atoms with Crippen LogP contribution in [-0.4, -0.2) is 26.3 Å². The molecule has 3 aromatic rings. The average molecular weight is 349 g/mol. The lowest BCUT2D eigenvalue weighted by Crippen LogP contribution is -2.46. The molecule has 0 radical (unpaired) electrons. The minimum atomic E-state index is -0.456. The molecule has 0 bridgehead atoms. The van der Waals surface area contributed by atoms with Crippen LogP contribution in [0.3, 0.4) is 0 Å². The molecule has 1 amide bonds. The largest absolute Gasteiger partial charge is 0.328 e. The lowest BCUT2D eigenvalue weighted by Gasteiger charge is -2.35. The summed E-state index contributed by atoms with van der Waals surface area (Å²) in [5, 5.41) is 0.957. The average Bonchev–Trinajstić information content (AvgIpc) is 2.59. The monoisotopic (exact) mass is 349 g/mol. The zero-order valence-electron chi connectivity index (χ0n) is 15.5. The molecule has 2 heterocycles. The molecule has 5 nitrogen and oxygen atoms in total. The highest BCUT2D eigenvalue weighted by molar-refractivity contribution is 5.92. The molecule has 0 spiro atoms. The SMILES string of the molecule is Cc1ccc2[nH]c(=O)c(CN(C(=O)c3ccccn3)C(C)(C)C)cc2c1. The van der Waals surface area contributed by atoms with E-state index in [-0.39, 0.29) is 18.0 Å². The van der Waals surface area contributed by atoms with E-state index < -0.39 is 5.54 Å². The molecule has 0 saturated carbocycles. The Morgan fingerprint density at radius 3 is 2.58 bits per heavy atom. The first-order chi connectivity index (χ1) is 12.3. The number of fused-ring (bicyclic) bond motifs is 1. The fourth-order valence-corrected chi connectivity index (χ4v) is 2.90. The Labute approximate surface area is 152 Å². The molecule has 0 fully saturated rings. The Morgan fingerprint density at radius 2 is 1.92 bits per heavy atom. The van der Waals surface area contributed by atoms with Gasteiger partial charge < -0.3 is 9.88 Å². The molecule has 0 aliphatic heterocycles. The van der Waals surface area contributed by atoms with Crippen LogP contribution >= 0.6 is 0 Å². The quantitative estimate of drug-likeness (QED) is 0.784. The van der Waals surface area contributed by atoms with E-state index in [4.69, 9.17) is 0 Å². The number of carbonyl (C=O) groups excluding carboxylic acids is 1. The van der Waals surface area contributed by atoms with E-state index >= 15 is 0 Å². The molecule has 0 atom stereocenters. The van der Waals surface area contributed by atoms with Gasteiger partial charge in [-0.2, -0.15) is 0 Å². The van der Waals surface area contributed by atoms with E-state index in [0.29, 0.717) is 11.3 Å². The van der Waals surface area contributed by atoms with Gasteiger partial charge in [0.25, 0.3) is 11.5 Å². The van der Waals surface area contributed by atoms with Crippen LogP contribution in [0.2, 0.25) is 0 Å². The molecule has 0 aliphatic carbocycles. The van der Waals surface area contributed by atoms with Gasteiger partial charge in [-0.15, -0.1) is 0 Å². The zero-order chi connectivity index (χ0) is 18.9. The van der Waals surface area contributed by atoms with Crippen LogP contribution in [0.15, 0.2) is 53.5 Å². The molecule has 1 aromatic carbocycles. The van der Waals surface area contributed by atoms with Crippen LogP contribution in [-0.2, 0) is 6.54 Å². The summed E-state index contributed by atoms with van der Waals surface area (Å²) in [6.45, 7) is 8.09. The highest BCUT2D eigenvalue weighted by Gasteiger charge is 2.29. The van der Waals surface area contributed by atoms with Crippen molar-refractivity contribution in [3.8, 4) is 0 Å². The van der Waals surface area contributed by atoms with E-state index in [0.717, 1.165) is 16.5 Å². The molecule has 134 valence electrons. The first kappa shape index (κ1) is 17.9. The summed E-state index contributed by atoms with van der Waals surface area (Å²) in [6, 6.07) is 13.0. The van der Waals surface area contributed by atoms with E-state index in [1.807, 2.05) is 52.0 Å². The van der Waals surface area contributed by atoms with Gasteiger partial charge in [-0.1, -0.05) is 17.7 Å². The molecule has 1 N–H and O–H groups in total. The Kier molecular flexibility index (Phi) is 4.64. The van der Waals surface area contributed by atoms with Crippen molar-refractivity contribution in [2.75, 3.05) is 0 Å². The van der Waals surface area contributed by atoms with Crippen molar-refractivity contribution in [2.24, 2.45) is 0 Å². The van der Waals surface area contributed by atoms with Crippen LogP contribution in [0.1, 0.15) is 42.4 Å². The summed E-state index contributed by atoms with van der Waals surface area (Å²) in [5.74, 6) is -0.193. The topological polar surface area (TPSA) is 66.1 Å². The summed E-state index contributed by atoms with van der Waals surface area (Å²) in [6.07, 6.45) is 1.60. The van der Waals surface area contributed by atoms with Crippen LogP contribution in [0, 0.1) is 6.92 Å². The van der Waals surface area contributed by atoms with Crippen molar-refractivity contribution in [1.82, 2.24) is 14.9 Å². The maximum absolute atomic E-state index is 13.0. The molecular weight excluding hydrogens is 326 g/mol. The third-order valence-corrected chi connectivity index (χ3v) is 4.34. The van der Waals surface area contributed by atoms with Crippen molar-refractivity contribution in [2.45, 2.75) is 39.8 Å². The maximum atomic E-state index is 13.0. The highest BCUT2D eigenvalue weighted by atomic mass is 16.2. The van der Waals surface area contributed by atoms with Crippen molar-refractivity contribution in [3.63, 3.8) is 0 Å². The zero-order valence-corrected chi connectivity index (χ0v) is 15.5. The van der Waals surface area contributed by atoms with Gasteiger partial charge in [0.15, 0.2) is 0 Å². The summed E-state index contributed by atoms with van der Waals surface area (Å²) in [5.41, 5.74) is 2.21. The van der Waals surface area contributed by atoms with Crippen LogP contribution in [0.25, 0.3) is 10.9 Å². The van der Waals surface area contributed by atoms with Gasteiger partial charge in [0, 0.05) is 22.8 Å². The Bertz CT molecular complexity index is 1000.